The van der Waals surface area contributed by atoms with Gasteiger partial charge >= 0.3 is 0 Å². The van der Waals surface area contributed by atoms with Gasteiger partial charge < -0.3 is 9.84 Å². The van der Waals surface area contributed by atoms with E-state index in [1.165, 1.54) is 17.7 Å². The number of fused-ring (bicyclic) bond motifs is 1. The lowest BCUT2D eigenvalue weighted by Gasteiger charge is -2.29. The van der Waals surface area contributed by atoms with Crippen LogP contribution >= 0.6 is 11.3 Å². The molecule has 1 amide bonds. The van der Waals surface area contributed by atoms with Crippen LogP contribution in [0.1, 0.15) is 47.2 Å². The maximum absolute atomic E-state index is 12.6. The number of rotatable bonds is 5. The van der Waals surface area contributed by atoms with Crippen LogP contribution in [0.5, 0.6) is 0 Å². The smallest absolute Gasteiger partial charge is 0.232 e. The number of benzene rings is 1. The fourth-order valence-corrected chi connectivity index (χ4v) is 4.76. The number of nitrogens with zero attached hydrogens (tertiary/aromatic N) is 3. The summed E-state index contributed by atoms with van der Waals surface area (Å²) in [6.07, 6.45) is 2.69. The van der Waals surface area contributed by atoms with Crippen molar-refractivity contribution in [3.8, 4) is 0 Å². The number of aryl methyl sites for hydroxylation is 3. The van der Waals surface area contributed by atoms with E-state index in [1.54, 1.807) is 11.3 Å². The van der Waals surface area contributed by atoms with Crippen LogP contribution in [0.3, 0.4) is 0 Å². The highest BCUT2D eigenvalue weighted by Crippen LogP contribution is 2.27. The zero-order valence-corrected chi connectivity index (χ0v) is 18.4. The molecule has 154 valence electrons. The van der Waals surface area contributed by atoms with Gasteiger partial charge in [0, 0.05) is 16.8 Å². The number of hydrogen-bond acceptors (Lipinski definition) is 6. The van der Waals surface area contributed by atoms with Gasteiger partial charge in [0.05, 0.1) is 12.1 Å². The molecule has 1 aromatic carbocycles. The summed E-state index contributed by atoms with van der Waals surface area (Å²) >= 11 is 1.57. The van der Waals surface area contributed by atoms with Gasteiger partial charge in [0.1, 0.15) is 5.69 Å². The quantitative estimate of drug-likeness (QED) is 0.662. The van der Waals surface area contributed by atoms with Crippen LogP contribution in [0.25, 0.3) is 11.0 Å². The van der Waals surface area contributed by atoms with Crippen LogP contribution in [-0.4, -0.2) is 34.0 Å². The summed E-state index contributed by atoms with van der Waals surface area (Å²) in [4.78, 5) is 20.9. The Balaban J connectivity index is 1.41. The van der Waals surface area contributed by atoms with Gasteiger partial charge in [-0.15, -0.1) is 11.3 Å². The van der Waals surface area contributed by atoms with Gasteiger partial charge in [-0.3, -0.25) is 9.69 Å². The van der Waals surface area contributed by atoms with Crippen LogP contribution in [0.4, 0.5) is 5.13 Å². The van der Waals surface area contributed by atoms with E-state index in [0.29, 0.717) is 10.8 Å². The molecule has 0 radical (unpaired) electrons. The number of anilines is 1. The lowest BCUT2D eigenvalue weighted by molar-refractivity contribution is -0.115. The molecule has 6 nitrogen and oxygen atoms in total. The van der Waals surface area contributed by atoms with Gasteiger partial charge in [0.2, 0.25) is 5.91 Å². The molecule has 0 bridgehead atoms. The maximum atomic E-state index is 12.6. The molecule has 0 unspecified atom stereocenters. The van der Waals surface area contributed by atoms with E-state index < -0.39 is 0 Å². The van der Waals surface area contributed by atoms with E-state index in [1.807, 2.05) is 26.0 Å². The second kappa shape index (κ2) is 8.24. The minimum absolute atomic E-state index is 0.120. The molecule has 1 N–H and O–H groups in total. The normalized spacial score (nSPS) is 15.9. The van der Waals surface area contributed by atoms with Crippen molar-refractivity contribution in [2.24, 2.45) is 5.92 Å². The molecule has 1 aliphatic rings. The molecule has 2 aromatic heterocycles. The summed E-state index contributed by atoms with van der Waals surface area (Å²) < 4.78 is 5.40. The van der Waals surface area contributed by atoms with Gasteiger partial charge in [-0.05, 0) is 75.9 Å². The molecule has 29 heavy (non-hydrogen) atoms. The number of hydrogen-bond donors (Lipinski definition) is 1. The van der Waals surface area contributed by atoms with Gasteiger partial charge in [-0.1, -0.05) is 12.1 Å². The third-order valence-corrected chi connectivity index (χ3v) is 6.93. The fourth-order valence-electron chi connectivity index (χ4n) is 3.74. The van der Waals surface area contributed by atoms with Crippen molar-refractivity contribution in [1.29, 1.82) is 0 Å². The highest BCUT2D eigenvalue weighted by molar-refractivity contribution is 7.15. The number of amides is 1. The standard InChI is InChI=1S/C22H28N4O2S/c1-13-5-7-26(8-6-13)12-20-16(4)23-22(29-20)24-21(27)11-18-17-9-14(2)15(3)10-19(17)28-25-18/h9-10,13H,5-8,11-12H2,1-4H3,(H,23,24,27). The molecule has 7 heteroatoms. The van der Waals surface area contributed by atoms with E-state index in [9.17, 15) is 4.79 Å². The summed E-state index contributed by atoms with van der Waals surface area (Å²) in [6.45, 7) is 11.6. The Hall–Kier alpha value is -2.25. The van der Waals surface area contributed by atoms with Gasteiger partial charge in [-0.2, -0.15) is 0 Å². The highest BCUT2D eigenvalue weighted by Gasteiger charge is 2.19. The molecule has 3 heterocycles. The Bertz CT molecular complexity index is 1030. The topological polar surface area (TPSA) is 71.3 Å². The van der Waals surface area contributed by atoms with Crippen LogP contribution in [-0.2, 0) is 17.8 Å². The van der Waals surface area contributed by atoms with Crippen LogP contribution in [0.2, 0.25) is 0 Å². The molecule has 1 aliphatic heterocycles. The molecule has 4 rings (SSSR count). The molecule has 1 fully saturated rings. The number of thiazole rings is 1. The third-order valence-electron chi connectivity index (χ3n) is 5.87. The molecule has 0 saturated carbocycles. The Morgan fingerprint density at radius 1 is 1.24 bits per heavy atom. The second-order valence-corrected chi connectivity index (χ2v) is 9.36. The zero-order chi connectivity index (χ0) is 20.5. The number of piperidine rings is 1. The average molecular weight is 413 g/mol. The van der Waals surface area contributed by atoms with E-state index >= 15 is 0 Å². The second-order valence-electron chi connectivity index (χ2n) is 8.27. The molecular weight excluding hydrogens is 384 g/mol. The van der Waals surface area contributed by atoms with E-state index in [4.69, 9.17) is 4.52 Å². The van der Waals surface area contributed by atoms with Crippen molar-refractivity contribution in [1.82, 2.24) is 15.0 Å². The molecule has 0 spiro atoms. The van der Waals surface area contributed by atoms with Crippen LogP contribution in [0, 0.1) is 26.7 Å². The number of carbonyl (C=O) groups is 1. The molecule has 1 saturated heterocycles. The number of likely N-dealkylation sites (tertiary alicyclic amines) is 1. The maximum Gasteiger partial charge on any atom is 0.232 e. The lowest BCUT2D eigenvalue weighted by Crippen LogP contribution is -2.32. The first-order valence-corrected chi connectivity index (χ1v) is 11.0. The van der Waals surface area contributed by atoms with Gasteiger partial charge in [0.15, 0.2) is 10.7 Å². The lowest BCUT2D eigenvalue weighted by atomic mass is 9.99. The number of nitrogens with one attached hydrogen (secondary N) is 1. The number of carbonyl (C=O) groups excluding carboxylic acids is 1. The van der Waals surface area contributed by atoms with Crippen LogP contribution < -0.4 is 5.32 Å². The summed E-state index contributed by atoms with van der Waals surface area (Å²) in [6, 6.07) is 4.01. The van der Waals surface area contributed by atoms with E-state index in [0.717, 1.165) is 53.3 Å². The van der Waals surface area contributed by atoms with Crippen molar-refractivity contribution in [3.05, 3.63) is 39.5 Å². The van der Waals surface area contributed by atoms with Crippen molar-refractivity contribution in [2.45, 2.75) is 53.5 Å². The fraction of sp³-hybridized carbons (Fsp3) is 0.500. The van der Waals surface area contributed by atoms with Crippen molar-refractivity contribution in [3.63, 3.8) is 0 Å². The summed E-state index contributed by atoms with van der Waals surface area (Å²) in [7, 11) is 0. The first-order chi connectivity index (χ1) is 13.9. The predicted octanol–water partition coefficient (Wildman–Crippen LogP) is 4.62. The first kappa shape index (κ1) is 20.0. The Morgan fingerprint density at radius 2 is 1.97 bits per heavy atom. The Morgan fingerprint density at radius 3 is 2.72 bits per heavy atom. The van der Waals surface area contributed by atoms with Gasteiger partial charge in [0.25, 0.3) is 0 Å². The molecule has 0 atom stereocenters. The SMILES string of the molecule is Cc1cc2onc(CC(=O)Nc3nc(C)c(CN4CCC(C)CC4)s3)c2cc1C. The molecular formula is C22H28N4O2S. The van der Waals surface area contributed by atoms with Crippen molar-refractivity contribution in [2.75, 3.05) is 18.4 Å². The third kappa shape index (κ3) is 4.51. The average Bonchev–Trinajstić information content (AvgIpc) is 3.20. The first-order valence-electron chi connectivity index (χ1n) is 10.2. The van der Waals surface area contributed by atoms with Crippen LogP contribution in [0.15, 0.2) is 16.7 Å². The minimum atomic E-state index is -0.120. The Kier molecular flexibility index (Phi) is 5.69. The van der Waals surface area contributed by atoms with E-state index in [2.05, 4.69) is 34.2 Å². The minimum Gasteiger partial charge on any atom is -0.356 e. The summed E-state index contributed by atoms with van der Waals surface area (Å²) in [5.74, 6) is 0.703. The number of aromatic nitrogens is 2. The largest absolute Gasteiger partial charge is 0.356 e. The molecule has 0 aliphatic carbocycles. The van der Waals surface area contributed by atoms with Crippen molar-refractivity contribution >= 4 is 33.3 Å². The zero-order valence-electron chi connectivity index (χ0n) is 17.5. The monoisotopic (exact) mass is 412 g/mol. The highest BCUT2D eigenvalue weighted by atomic mass is 32.1. The van der Waals surface area contributed by atoms with E-state index in [-0.39, 0.29) is 12.3 Å². The van der Waals surface area contributed by atoms with Gasteiger partial charge in [-0.25, -0.2) is 4.98 Å². The molecule has 3 aromatic rings. The summed E-state index contributed by atoms with van der Waals surface area (Å²) in [5.41, 5.74) is 4.70. The van der Waals surface area contributed by atoms with Crippen molar-refractivity contribution < 1.29 is 9.32 Å². The summed E-state index contributed by atoms with van der Waals surface area (Å²) in [5, 5.41) is 8.61. The predicted molar refractivity (Wildman–Crippen MR) is 116 cm³/mol. The Labute approximate surface area is 175 Å².